The molecule has 0 aromatic heterocycles. The van der Waals surface area contributed by atoms with Gasteiger partial charge in [0.25, 0.3) is 0 Å². The highest BCUT2D eigenvalue weighted by Gasteiger charge is 2.31. The Kier molecular flexibility index (Phi) is 5.83. The summed E-state index contributed by atoms with van der Waals surface area (Å²) in [6, 6.07) is 0. The fourth-order valence-electron chi connectivity index (χ4n) is 1.27. The van der Waals surface area contributed by atoms with Gasteiger partial charge in [-0.25, -0.2) is 0 Å². The van der Waals surface area contributed by atoms with Gasteiger partial charge in [-0.1, -0.05) is 13.8 Å². The first-order valence-electron chi connectivity index (χ1n) is 5.53. The molecule has 0 rings (SSSR count). The molecular weight excluding hydrogens is 192 g/mol. The number of carboxylic acid groups (broad SMARTS) is 1. The second kappa shape index (κ2) is 6.08. The molecule has 0 aliphatic carbocycles. The van der Waals surface area contributed by atoms with Crippen molar-refractivity contribution in [2.45, 2.75) is 33.2 Å². The monoisotopic (exact) mass is 216 g/mol. The fraction of sp³-hybridized carbons (Fsp3) is 0.909. The Morgan fingerprint density at radius 1 is 1.20 bits per heavy atom. The number of hydrogen-bond donors (Lipinski definition) is 1. The number of carbonyl (C=O) groups is 1. The quantitative estimate of drug-likeness (QED) is 0.692. The summed E-state index contributed by atoms with van der Waals surface area (Å²) in [6.45, 7) is 11.4. The van der Waals surface area contributed by atoms with Crippen LogP contribution in [0.5, 0.6) is 0 Å². The van der Waals surface area contributed by atoms with Gasteiger partial charge in [0.15, 0.2) is 0 Å². The van der Waals surface area contributed by atoms with Crippen LogP contribution in [0.15, 0.2) is 0 Å². The van der Waals surface area contributed by atoms with E-state index in [2.05, 4.69) is 18.7 Å². The number of aliphatic carboxylic acids is 1. The van der Waals surface area contributed by atoms with Crippen molar-refractivity contribution in [2.24, 2.45) is 0 Å². The highest BCUT2D eigenvalue weighted by atomic mass is 16.4. The predicted octanol–water partition coefficient (Wildman–Crippen LogP) is 1.12. The van der Waals surface area contributed by atoms with Gasteiger partial charge in [-0.15, -0.1) is 0 Å². The van der Waals surface area contributed by atoms with E-state index >= 15 is 0 Å². The summed E-state index contributed by atoms with van der Waals surface area (Å²) >= 11 is 0. The molecule has 0 saturated carbocycles. The van der Waals surface area contributed by atoms with E-state index in [4.69, 9.17) is 5.11 Å². The summed E-state index contributed by atoms with van der Waals surface area (Å²) in [5, 5.41) is 9.04. The van der Waals surface area contributed by atoms with Crippen LogP contribution in [-0.2, 0) is 4.79 Å². The van der Waals surface area contributed by atoms with Gasteiger partial charge in [-0.3, -0.25) is 9.69 Å². The summed E-state index contributed by atoms with van der Waals surface area (Å²) in [6.07, 6.45) is 0. The lowest BCUT2D eigenvalue weighted by atomic mass is 10.0. The van der Waals surface area contributed by atoms with Crippen LogP contribution in [0.4, 0.5) is 0 Å². The molecule has 0 fully saturated rings. The molecule has 0 amide bonds. The van der Waals surface area contributed by atoms with Crippen molar-refractivity contribution in [1.82, 2.24) is 9.80 Å². The van der Waals surface area contributed by atoms with E-state index in [1.807, 2.05) is 11.9 Å². The van der Waals surface area contributed by atoms with Crippen LogP contribution < -0.4 is 0 Å². The van der Waals surface area contributed by atoms with Crippen molar-refractivity contribution in [3.8, 4) is 0 Å². The van der Waals surface area contributed by atoms with Crippen molar-refractivity contribution < 1.29 is 9.90 Å². The number of likely N-dealkylation sites (N-methyl/N-ethyl adjacent to an activating group) is 2. The van der Waals surface area contributed by atoms with Crippen LogP contribution in [0.25, 0.3) is 0 Å². The van der Waals surface area contributed by atoms with Gasteiger partial charge in [-0.2, -0.15) is 0 Å². The Bertz CT molecular complexity index is 201. The molecular formula is C11H24N2O2. The lowest BCUT2D eigenvalue weighted by molar-refractivity contribution is -0.148. The maximum Gasteiger partial charge on any atom is 0.323 e. The lowest BCUT2D eigenvalue weighted by Crippen LogP contribution is -2.50. The molecule has 15 heavy (non-hydrogen) atoms. The summed E-state index contributed by atoms with van der Waals surface area (Å²) < 4.78 is 0. The number of rotatable bonds is 7. The summed E-state index contributed by atoms with van der Waals surface area (Å²) in [5.41, 5.74) is -0.785. The summed E-state index contributed by atoms with van der Waals surface area (Å²) in [5.74, 6) is -0.774. The zero-order valence-corrected chi connectivity index (χ0v) is 10.6. The van der Waals surface area contributed by atoms with E-state index in [0.29, 0.717) is 0 Å². The van der Waals surface area contributed by atoms with Crippen LogP contribution in [0.3, 0.4) is 0 Å². The molecule has 0 heterocycles. The van der Waals surface area contributed by atoms with Crippen molar-refractivity contribution in [3.05, 3.63) is 0 Å². The van der Waals surface area contributed by atoms with Crippen LogP contribution in [0.2, 0.25) is 0 Å². The minimum atomic E-state index is -0.785. The highest BCUT2D eigenvalue weighted by Crippen LogP contribution is 2.11. The first-order chi connectivity index (χ1) is 6.86. The minimum absolute atomic E-state index is 0.774. The summed E-state index contributed by atoms with van der Waals surface area (Å²) in [7, 11) is 1.86. The molecule has 0 unspecified atom stereocenters. The number of carboxylic acids is 1. The first-order valence-corrected chi connectivity index (χ1v) is 5.53. The van der Waals surface area contributed by atoms with Crippen LogP contribution >= 0.6 is 0 Å². The molecule has 0 aliphatic heterocycles. The van der Waals surface area contributed by atoms with E-state index < -0.39 is 11.5 Å². The van der Waals surface area contributed by atoms with Crippen LogP contribution in [-0.4, -0.2) is 59.6 Å². The standard InChI is InChI=1S/C11H24N2O2/c1-6-13(7-2)9-8-12(5)11(3,4)10(14)15/h6-9H2,1-5H3,(H,14,15). The molecule has 4 heteroatoms. The fourth-order valence-corrected chi connectivity index (χ4v) is 1.27. The van der Waals surface area contributed by atoms with E-state index in [1.54, 1.807) is 13.8 Å². The van der Waals surface area contributed by atoms with E-state index in [9.17, 15) is 4.79 Å². The molecule has 4 nitrogen and oxygen atoms in total. The van der Waals surface area contributed by atoms with Crippen molar-refractivity contribution in [1.29, 1.82) is 0 Å². The lowest BCUT2D eigenvalue weighted by Gasteiger charge is -2.33. The molecule has 0 bridgehead atoms. The van der Waals surface area contributed by atoms with Gasteiger partial charge >= 0.3 is 5.97 Å². The third-order valence-corrected chi connectivity index (χ3v) is 3.12. The van der Waals surface area contributed by atoms with Crippen molar-refractivity contribution >= 4 is 5.97 Å². The predicted molar refractivity (Wildman–Crippen MR) is 62.1 cm³/mol. The van der Waals surface area contributed by atoms with Gasteiger partial charge in [-0.05, 0) is 34.0 Å². The third-order valence-electron chi connectivity index (χ3n) is 3.12. The largest absolute Gasteiger partial charge is 0.480 e. The van der Waals surface area contributed by atoms with Gasteiger partial charge in [0.1, 0.15) is 5.54 Å². The number of hydrogen-bond acceptors (Lipinski definition) is 3. The van der Waals surface area contributed by atoms with Crippen molar-refractivity contribution in [2.75, 3.05) is 33.2 Å². The van der Waals surface area contributed by atoms with E-state index in [-0.39, 0.29) is 0 Å². The van der Waals surface area contributed by atoms with Gasteiger partial charge in [0, 0.05) is 13.1 Å². The molecule has 0 aromatic carbocycles. The average molecular weight is 216 g/mol. The molecule has 1 N–H and O–H groups in total. The number of nitrogens with zero attached hydrogens (tertiary/aromatic N) is 2. The molecule has 90 valence electrons. The maximum absolute atomic E-state index is 11.0. The molecule has 0 radical (unpaired) electrons. The minimum Gasteiger partial charge on any atom is -0.480 e. The Hall–Kier alpha value is -0.610. The Morgan fingerprint density at radius 2 is 1.67 bits per heavy atom. The van der Waals surface area contributed by atoms with E-state index in [1.165, 1.54) is 0 Å². The summed E-state index contributed by atoms with van der Waals surface area (Å²) in [4.78, 5) is 15.2. The molecule has 0 aliphatic rings. The van der Waals surface area contributed by atoms with Gasteiger partial charge in [0.05, 0.1) is 0 Å². The molecule has 0 spiro atoms. The van der Waals surface area contributed by atoms with E-state index in [0.717, 1.165) is 26.2 Å². The van der Waals surface area contributed by atoms with Crippen LogP contribution in [0.1, 0.15) is 27.7 Å². The normalized spacial score (nSPS) is 12.5. The second-order valence-electron chi connectivity index (χ2n) is 4.31. The third kappa shape index (κ3) is 4.18. The Morgan fingerprint density at radius 3 is 2.00 bits per heavy atom. The molecule has 0 aromatic rings. The maximum atomic E-state index is 11.0. The SMILES string of the molecule is CCN(CC)CCN(C)C(C)(C)C(=O)O. The average Bonchev–Trinajstić information content (AvgIpc) is 2.18. The Balaban J connectivity index is 4.13. The molecule has 0 saturated heterocycles. The van der Waals surface area contributed by atoms with Crippen molar-refractivity contribution in [3.63, 3.8) is 0 Å². The first kappa shape index (κ1) is 14.4. The van der Waals surface area contributed by atoms with Gasteiger partial charge in [0.2, 0.25) is 0 Å². The zero-order valence-electron chi connectivity index (χ0n) is 10.6. The Labute approximate surface area is 92.9 Å². The van der Waals surface area contributed by atoms with Gasteiger partial charge < -0.3 is 10.0 Å². The topological polar surface area (TPSA) is 43.8 Å². The molecule has 0 atom stereocenters. The zero-order chi connectivity index (χ0) is 12.1. The second-order valence-corrected chi connectivity index (χ2v) is 4.31. The van der Waals surface area contributed by atoms with Crippen LogP contribution in [0, 0.1) is 0 Å². The highest BCUT2D eigenvalue weighted by molar-refractivity contribution is 5.77. The smallest absolute Gasteiger partial charge is 0.323 e.